The molecule has 1 aliphatic heterocycles. The van der Waals surface area contributed by atoms with Gasteiger partial charge in [-0.2, -0.15) is 0 Å². The first-order chi connectivity index (χ1) is 10.5. The van der Waals surface area contributed by atoms with Crippen molar-refractivity contribution in [2.24, 2.45) is 0 Å². The summed E-state index contributed by atoms with van der Waals surface area (Å²) in [5, 5.41) is 3.54. The molecule has 0 aromatic carbocycles. The summed E-state index contributed by atoms with van der Waals surface area (Å²) < 4.78 is 0. The second kappa shape index (κ2) is 7.24. The van der Waals surface area contributed by atoms with Gasteiger partial charge in [0.05, 0.1) is 0 Å². The number of likely N-dealkylation sites (N-methyl/N-ethyl adjacent to an activating group) is 1. The van der Waals surface area contributed by atoms with Gasteiger partial charge in [-0.3, -0.25) is 0 Å². The molecule has 1 fully saturated rings. The molecule has 1 aromatic heterocycles. The van der Waals surface area contributed by atoms with E-state index in [-0.39, 0.29) is 5.54 Å². The monoisotopic (exact) mass is 306 g/mol. The van der Waals surface area contributed by atoms with E-state index in [9.17, 15) is 0 Å². The zero-order valence-corrected chi connectivity index (χ0v) is 14.6. The Balaban J connectivity index is 2.07. The van der Waals surface area contributed by atoms with Gasteiger partial charge in [0.15, 0.2) is 11.6 Å². The maximum Gasteiger partial charge on any atom is 0.171 e. The molecule has 0 atom stereocenters. The SMILES string of the molecule is CCN1CCC(CNc2nccnc2N(C)C)(N(C)C)CC1. The van der Waals surface area contributed by atoms with E-state index in [1.54, 1.807) is 12.4 Å². The molecule has 0 aliphatic carbocycles. The topological polar surface area (TPSA) is 47.5 Å². The third kappa shape index (κ3) is 3.67. The van der Waals surface area contributed by atoms with Gasteiger partial charge in [-0.1, -0.05) is 6.92 Å². The molecule has 0 unspecified atom stereocenters. The minimum atomic E-state index is 0.187. The Hall–Kier alpha value is -1.40. The minimum absolute atomic E-state index is 0.187. The zero-order valence-electron chi connectivity index (χ0n) is 14.6. The summed E-state index contributed by atoms with van der Waals surface area (Å²) in [5.41, 5.74) is 0.187. The Bertz CT molecular complexity index is 465. The minimum Gasteiger partial charge on any atom is -0.365 e. The molecule has 1 aromatic rings. The van der Waals surface area contributed by atoms with Gasteiger partial charge >= 0.3 is 0 Å². The van der Waals surface area contributed by atoms with Crippen LogP contribution in [0.2, 0.25) is 0 Å². The summed E-state index contributed by atoms with van der Waals surface area (Å²) in [4.78, 5) is 15.8. The average Bonchev–Trinajstić information content (AvgIpc) is 2.53. The van der Waals surface area contributed by atoms with Crippen molar-refractivity contribution in [2.75, 3.05) is 64.6 Å². The number of piperidine rings is 1. The summed E-state index contributed by atoms with van der Waals surface area (Å²) >= 11 is 0. The van der Waals surface area contributed by atoms with Crippen molar-refractivity contribution in [1.29, 1.82) is 0 Å². The predicted octanol–water partition coefficient (Wildman–Crippen LogP) is 1.37. The lowest BCUT2D eigenvalue weighted by Crippen LogP contribution is -2.56. The van der Waals surface area contributed by atoms with Gasteiger partial charge in [0.1, 0.15) is 0 Å². The van der Waals surface area contributed by atoms with Gasteiger partial charge in [-0.05, 0) is 46.6 Å². The highest BCUT2D eigenvalue weighted by Crippen LogP contribution is 2.28. The largest absolute Gasteiger partial charge is 0.365 e. The van der Waals surface area contributed by atoms with Gasteiger partial charge in [0.25, 0.3) is 0 Å². The van der Waals surface area contributed by atoms with E-state index in [2.05, 4.69) is 46.1 Å². The van der Waals surface area contributed by atoms with Crippen LogP contribution < -0.4 is 10.2 Å². The maximum atomic E-state index is 4.46. The lowest BCUT2D eigenvalue weighted by molar-refractivity contribution is 0.0686. The molecule has 6 nitrogen and oxygen atoms in total. The fourth-order valence-electron chi connectivity index (χ4n) is 3.10. The fourth-order valence-corrected chi connectivity index (χ4v) is 3.10. The summed E-state index contributed by atoms with van der Waals surface area (Å²) in [6.07, 6.45) is 5.84. The van der Waals surface area contributed by atoms with E-state index in [0.717, 1.165) is 37.8 Å². The van der Waals surface area contributed by atoms with E-state index in [1.165, 1.54) is 12.8 Å². The van der Waals surface area contributed by atoms with Crippen LogP contribution in [-0.4, -0.2) is 79.7 Å². The third-order valence-corrected chi connectivity index (χ3v) is 4.87. The molecule has 0 amide bonds. The molecular weight excluding hydrogens is 276 g/mol. The first-order valence-electron chi connectivity index (χ1n) is 8.10. The Kier molecular flexibility index (Phi) is 5.58. The number of rotatable bonds is 6. The third-order valence-electron chi connectivity index (χ3n) is 4.87. The number of aromatic nitrogens is 2. The quantitative estimate of drug-likeness (QED) is 0.856. The number of nitrogens with one attached hydrogen (secondary N) is 1. The summed E-state index contributed by atoms with van der Waals surface area (Å²) in [7, 11) is 8.37. The van der Waals surface area contributed by atoms with Crippen LogP contribution in [0, 0.1) is 0 Å². The molecule has 6 heteroatoms. The van der Waals surface area contributed by atoms with E-state index >= 15 is 0 Å². The van der Waals surface area contributed by atoms with Gasteiger partial charge in [0.2, 0.25) is 0 Å². The van der Waals surface area contributed by atoms with Crippen molar-refractivity contribution < 1.29 is 0 Å². The average molecular weight is 306 g/mol. The lowest BCUT2D eigenvalue weighted by Gasteiger charge is -2.46. The van der Waals surface area contributed by atoms with Crippen molar-refractivity contribution in [3.63, 3.8) is 0 Å². The molecule has 1 saturated heterocycles. The normalized spacial score (nSPS) is 18.5. The van der Waals surface area contributed by atoms with Crippen LogP contribution in [0.4, 0.5) is 11.6 Å². The van der Waals surface area contributed by atoms with Crippen molar-refractivity contribution in [3.05, 3.63) is 12.4 Å². The molecule has 1 N–H and O–H groups in total. The van der Waals surface area contributed by atoms with Gasteiger partial charge in [0, 0.05) is 38.6 Å². The highest BCUT2D eigenvalue weighted by atomic mass is 15.2. The van der Waals surface area contributed by atoms with Crippen LogP contribution in [0.25, 0.3) is 0 Å². The molecule has 2 heterocycles. The molecule has 22 heavy (non-hydrogen) atoms. The van der Waals surface area contributed by atoms with E-state index in [1.807, 2.05) is 19.0 Å². The van der Waals surface area contributed by atoms with E-state index in [0.29, 0.717) is 0 Å². The second-order valence-corrected chi connectivity index (χ2v) is 6.53. The summed E-state index contributed by atoms with van der Waals surface area (Å²) in [6.45, 7) is 6.61. The van der Waals surface area contributed by atoms with Crippen LogP contribution in [0.15, 0.2) is 12.4 Å². The predicted molar refractivity (Wildman–Crippen MR) is 92.6 cm³/mol. The Morgan fingerprint density at radius 2 is 1.77 bits per heavy atom. The van der Waals surface area contributed by atoms with Crippen molar-refractivity contribution in [1.82, 2.24) is 19.8 Å². The van der Waals surface area contributed by atoms with Crippen LogP contribution >= 0.6 is 0 Å². The number of anilines is 2. The Morgan fingerprint density at radius 3 is 2.32 bits per heavy atom. The molecule has 0 saturated carbocycles. The Labute approximate surface area is 134 Å². The van der Waals surface area contributed by atoms with Gasteiger partial charge in [-0.25, -0.2) is 9.97 Å². The second-order valence-electron chi connectivity index (χ2n) is 6.53. The van der Waals surface area contributed by atoms with Crippen LogP contribution in [-0.2, 0) is 0 Å². The van der Waals surface area contributed by atoms with Crippen LogP contribution in [0.3, 0.4) is 0 Å². The smallest absolute Gasteiger partial charge is 0.171 e. The summed E-state index contributed by atoms with van der Waals surface area (Å²) in [6, 6.07) is 0. The first kappa shape index (κ1) is 17.0. The number of hydrogen-bond donors (Lipinski definition) is 1. The number of hydrogen-bond acceptors (Lipinski definition) is 6. The first-order valence-corrected chi connectivity index (χ1v) is 8.10. The lowest BCUT2D eigenvalue weighted by atomic mass is 9.86. The highest BCUT2D eigenvalue weighted by Gasteiger charge is 2.36. The van der Waals surface area contributed by atoms with Crippen LogP contribution in [0.1, 0.15) is 19.8 Å². The summed E-state index contributed by atoms with van der Waals surface area (Å²) in [5.74, 6) is 1.76. The van der Waals surface area contributed by atoms with E-state index < -0.39 is 0 Å². The molecule has 0 spiro atoms. The number of nitrogens with zero attached hydrogens (tertiary/aromatic N) is 5. The fraction of sp³-hybridized carbons (Fsp3) is 0.750. The van der Waals surface area contributed by atoms with E-state index in [4.69, 9.17) is 0 Å². The maximum absolute atomic E-state index is 4.46. The van der Waals surface area contributed by atoms with Crippen LogP contribution in [0.5, 0.6) is 0 Å². The number of likely N-dealkylation sites (tertiary alicyclic amines) is 1. The van der Waals surface area contributed by atoms with Gasteiger partial charge in [-0.15, -0.1) is 0 Å². The van der Waals surface area contributed by atoms with Crippen molar-refractivity contribution in [2.45, 2.75) is 25.3 Å². The highest BCUT2D eigenvalue weighted by molar-refractivity contribution is 5.59. The molecule has 124 valence electrons. The Morgan fingerprint density at radius 1 is 1.14 bits per heavy atom. The molecule has 0 radical (unpaired) electrons. The van der Waals surface area contributed by atoms with Crippen molar-refractivity contribution >= 4 is 11.6 Å². The molecule has 2 rings (SSSR count). The molecule has 1 aliphatic rings. The van der Waals surface area contributed by atoms with Gasteiger partial charge < -0.3 is 20.0 Å². The molecule has 0 bridgehead atoms. The standard InChI is InChI=1S/C16H30N6/c1-6-22-11-7-16(8-12-22,21(4)5)13-19-14-15(20(2)3)18-10-9-17-14/h9-10H,6-8,11-13H2,1-5H3,(H,17,19). The van der Waals surface area contributed by atoms with Crippen molar-refractivity contribution in [3.8, 4) is 0 Å². The molecular formula is C16H30N6. The zero-order chi connectivity index (χ0) is 16.2.